The molecule has 0 saturated carbocycles. The summed E-state index contributed by atoms with van der Waals surface area (Å²) < 4.78 is 5.69. The number of amides is 1. The summed E-state index contributed by atoms with van der Waals surface area (Å²) in [6.07, 6.45) is 2.76. The molecule has 2 unspecified atom stereocenters. The predicted molar refractivity (Wildman–Crippen MR) is 78.1 cm³/mol. The van der Waals surface area contributed by atoms with Gasteiger partial charge in [0.15, 0.2) is 0 Å². The van der Waals surface area contributed by atoms with Crippen LogP contribution in [0.25, 0.3) is 0 Å². The van der Waals surface area contributed by atoms with E-state index in [0.717, 1.165) is 38.9 Å². The summed E-state index contributed by atoms with van der Waals surface area (Å²) in [6, 6.07) is 0.351. The second kappa shape index (κ2) is 8.54. The molecule has 4 nitrogen and oxygen atoms in total. The third kappa shape index (κ3) is 5.49. The van der Waals surface area contributed by atoms with E-state index in [4.69, 9.17) is 4.74 Å². The van der Waals surface area contributed by atoms with E-state index < -0.39 is 0 Å². The molecule has 4 heteroatoms. The minimum Gasteiger partial charge on any atom is -0.369 e. The number of rotatable bonds is 8. The molecule has 0 bridgehead atoms. The molecule has 0 aromatic rings. The molecule has 0 spiro atoms. The van der Waals surface area contributed by atoms with Gasteiger partial charge in [0.05, 0.1) is 0 Å². The first kappa shape index (κ1) is 16.4. The summed E-state index contributed by atoms with van der Waals surface area (Å²) in [5, 5.41) is 3.33. The fraction of sp³-hybridized carbons (Fsp3) is 0.933. The normalized spacial score (nSPS) is 20.8. The summed E-state index contributed by atoms with van der Waals surface area (Å²) in [5.74, 6) is 0.771. The Morgan fingerprint density at radius 3 is 2.68 bits per heavy atom. The summed E-state index contributed by atoms with van der Waals surface area (Å²) in [4.78, 5) is 14.5. The number of nitrogens with zero attached hydrogens (tertiary/aromatic N) is 1. The van der Waals surface area contributed by atoms with E-state index in [-0.39, 0.29) is 12.0 Å². The molecule has 1 fully saturated rings. The average molecular weight is 270 g/mol. The highest BCUT2D eigenvalue weighted by molar-refractivity contribution is 5.81. The molecule has 1 aliphatic rings. The van der Waals surface area contributed by atoms with E-state index in [1.807, 2.05) is 11.8 Å². The highest BCUT2D eigenvalue weighted by atomic mass is 16.5. The Hall–Kier alpha value is -0.610. The van der Waals surface area contributed by atoms with Gasteiger partial charge in [-0.1, -0.05) is 20.8 Å². The number of hydrogen-bond donors (Lipinski definition) is 1. The van der Waals surface area contributed by atoms with Crippen molar-refractivity contribution in [3.8, 4) is 0 Å². The van der Waals surface area contributed by atoms with Gasteiger partial charge in [-0.05, 0) is 38.6 Å². The average Bonchev–Trinajstić information content (AvgIpc) is 2.88. The van der Waals surface area contributed by atoms with Crippen molar-refractivity contribution in [3.63, 3.8) is 0 Å². The van der Waals surface area contributed by atoms with Gasteiger partial charge in [-0.2, -0.15) is 0 Å². The van der Waals surface area contributed by atoms with Gasteiger partial charge in [-0.25, -0.2) is 0 Å². The lowest BCUT2D eigenvalue weighted by Crippen LogP contribution is -2.47. The van der Waals surface area contributed by atoms with Crippen LogP contribution in [0.2, 0.25) is 0 Å². The minimum atomic E-state index is -0.314. The number of ether oxygens (including phenoxy) is 1. The smallest absolute Gasteiger partial charge is 0.251 e. The Labute approximate surface area is 117 Å². The second-order valence-electron chi connectivity index (χ2n) is 5.87. The highest BCUT2D eigenvalue weighted by Crippen LogP contribution is 2.13. The molecular weight excluding hydrogens is 240 g/mol. The van der Waals surface area contributed by atoms with E-state index in [0.29, 0.717) is 18.6 Å². The number of hydrogen-bond acceptors (Lipinski definition) is 3. The zero-order valence-electron chi connectivity index (χ0n) is 12.9. The van der Waals surface area contributed by atoms with Gasteiger partial charge in [0.1, 0.15) is 6.10 Å². The van der Waals surface area contributed by atoms with Crippen molar-refractivity contribution in [3.05, 3.63) is 0 Å². The maximum absolute atomic E-state index is 12.5. The van der Waals surface area contributed by atoms with Crippen molar-refractivity contribution >= 4 is 5.91 Å². The van der Waals surface area contributed by atoms with Crippen molar-refractivity contribution in [1.82, 2.24) is 10.2 Å². The van der Waals surface area contributed by atoms with Crippen LogP contribution in [-0.2, 0) is 9.53 Å². The first-order chi connectivity index (χ1) is 9.06. The van der Waals surface area contributed by atoms with Crippen LogP contribution in [0.3, 0.4) is 0 Å². The second-order valence-corrected chi connectivity index (χ2v) is 5.87. The molecule has 112 valence electrons. The fourth-order valence-corrected chi connectivity index (χ4v) is 2.40. The zero-order valence-corrected chi connectivity index (χ0v) is 12.9. The Bertz CT molecular complexity index is 263. The summed E-state index contributed by atoms with van der Waals surface area (Å²) in [5.41, 5.74) is 0. The topological polar surface area (TPSA) is 41.6 Å². The van der Waals surface area contributed by atoms with Crippen LogP contribution in [0, 0.1) is 5.92 Å². The molecule has 1 amide bonds. The maximum Gasteiger partial charge on any atom is 0.251 e. The Morgan fingerprint density at radius 1 is 1.42 bits per heavy atom. The van der Waals surface area contributed by atoms with Crippen LogP contribution >= 0.6 is 0 Å². The lowest BCUT2D eigenvalue weighted by atomic mass is 10.1. The molecule has 2 atom stereocenters. The molecule has 1 heterocycles. The van der Waals surface area contributed by atoms with E-state index >= 15 is 0 Å². The first-order valence-electron chi connectivity index (χ1n) is 7.69. The van der Waals surface area contributed by atoms with E-state index in [2.05, 4.69) is 26.1 Å². The van der Waals surface area contributed by atoms with Gasteiger partial charge >= 0.3 is 0 Å². The first-order valence-corrected chi connectivity index (χ1v) is 7.69. The van der Waals surface area contributed by atoms with E-state index in [1.165, 1.54) is 0 Å². The minimum absolute atomic E-state index is 0.152. The lowest BCUT2D eigenvalue weighted by molar-refractivity contribution is -0.145. The van der Waals surface area contributed by atoms with Gasteiger partial charge in [-0.15, -0.1) is 0 Å². The number of carbonyl (C=O) groups is 1. The van der Waals surface area contributed by atoms with Crippen LogP contribution in [0.5, 0.6) is 0 Å². The SMILES string of the molecule is CCCN(C(=O)C(C)OCCC(C)C)C1CCNC1. The maximum atomic E-state index is 12.5. The number of nitrogens with one attached hydrogen (secondary N) is 1. The van der Waals surface area contributed by atoms with Crippen LogP contribution in [-0.4, -0.2) is 49.2 Å². The van der Waals surface area contributed by atoms with Gasteiger partial charge < -0.3 is 15.0 Å². The van der Waals surface area contributed by atoms with Gasteiger partial charge in [0, 0.05) is 25.7 Å². The third-order valence-corrected chi connectivity index (χ3v) is 3.63. The third-order valence-electron chi connectivity index (χ3n) is 3.63. The zero-order chi connectivity index (χ0) is 14.3. The molecule has 0 aliphatic carbocycles. The molecule has 19 heavy (non-hydrogen) atoms. The molecule has 1 N–H and O–H groups in total. The summed E-state index contributed by atoms with van der Waals surface area (Å²) in [6.45, 7) is 11.8. The Kier molecular flexibility index (Phi) is 7.39. The molecule has 1 rings (SSSR count). The molecule has 0 aromatic carbocycles. The molecule has 0 radical (unpaired) electrons. The van der Waals surface area contributed by atoms with Crippen molar-refractivity contribution in [1.29, 1.82) is 0 Å². The molecule has 1 saturated heterocycles. The van der Waals surface area contributed by atoms with Crippen molar-refractivity contribution < 1.29 is 9.53 Å². The summed E-state index contributed by atoms with van der Waals surface area (Å²) >= 11 is 0. The Morgan fingerprint density at radius 2 is 2.16 bits per heavy atom. The van der Waals surface area contributed by atoms with Crippen molar-refractivity contribution in [2.45, 2.75) is 59.1 Å². The lowest BCUT2D eigenvalue weighted by Gasteiger charge is -2.30. The van der Waals surface area contributed by atoms with Crippen LogP contribution in [0.15, 0.2) is 0 Å². The molecule has 1 aliphatic heterocycles. The van der Waals surface area contributed by atoms with Crippen LogP contribution in [0.1, 0.15) is 47.0 Å². The van der Waals surface area contributed by atoms with Gasteiger partial charge in [-0.3, -0.25) is 4.79 Å². The fourth-order valence-electron chi connectivity index (χ4n) is 2.40. The predicted octanol–water partition coefficient (Wildman–Crippen LogP) is 2.04. The Balaban J connectivity index is 2.45. The monoisotopic (exact) mass is 270 g/mol. The highest BCUT2D eigenvalue weighted by Gasteiger charge is 2.29. The number of carbonyl (C=O) groups excluding carboxylic acids is 1. The standard InChI is InChI=1S/C15H30N2O2/c1-5-9-17(14-6-8-16-11-14)15(18)13(4)19-10-7-12(2)3/h12-14,16H,5-11H2,1-4H3. The van der Waals surface area contributed by atoms with E-state index in [9.17, 15) is 4.79 Å². The van der Waals surface area contributed by atoms with Crippen molar-refractivity contribution in [2.75, 3.05) is 26.2 Å². The quantitative estimate of drug-likeness (QED) is 0.734. The van der Waals surface area contributed by atoms with E-state index in [1.54, 1.807) is 0 Å². The largest absolute Gasteiger partial charge is 0.369 e. The van der Waals surface area contributed by atoms with Crippen molar-refractivity contribution in [2.24, 2.45) is 5.92 Å². The summed E-state index contributed by atoms with van der Waals surface area (Å²) in [7, 11) is 0. The molecule has 0 aromatic heterocycles. The van der Waals surface area contributed by atoms with Gasteiger partial charge in [0.2, 0.25) is 0 Å². The van der Waals surface area contributed by atoms with Crippen LogP contribution < -0.4 is 5.32 Å². The molecular formula is C15H30N2O2. The van der Waals surface area contributed by atoms with Gasteiger partial charge in [0.25, 0.3) is 5.91 Å². The van der Waals surface area contributed by atoms with Crippen LogP contribution in [0.4, 0.5) is 0 Å².